The molecule has 1 amide bonds. The van der Waals surface area contributed by atoms with Gasteiger partial charge >= 0.3 is 6.18 Å². The highest BCUT2D eigenvalue weighted by molar-refractivity contribution is 7.89. The van der Waals surface area contributed by atoms with Crippen molar-refractivity contribution in [3.63, 3.8) is 0 Å². The average molecular weight is 559 g/mol. The Labute approximate surface area is 219 Å². The third-order valence-corrected chi connectivity index (χ3v) is 8.89. The fourth-order valence-electron chi connectivity index (χ4n) is 4.77. The molecule has 38 heavy (non-hydrogen) atoms. The number of piperazine rings is 2. The summed E-state index contributed by atoms with van der Waals surface area (Å²) in [5, 5.41) is 0. The number of alkyl halides is 3. The molecule has 0 unspecified atom stereocenters. The zero-order chi connectivity index (χ0) is 27.7. The van der Waals surface area contributed by atoms with Crippen LogP contribution in [0.3, 0.4) is 0 Å². The van der Waals surface area contributed by atoms with Crippen LogP contribution < -0.4 is 9.64 Å². The van der Waals surface area contributed by atoms with Crippen molar-refractivity contribution < 1.29 is 35.5 Å². The normalized spacial score (nSPS) is 18.1. The standard InChI is InChI=1S/C25H30F4N4O4S/c1-3-30-8-14-33(15-9-30)38(35,36)19-5-7-23(37-2)22(17-19)31-10-12-32(13-11-31)24(34)20-16-18(26)4-6-21(20)25(27,28)29/h4-7,16-17H,3,8-15H2,1-2H3. The molecule has 8 nitrogen and oxygen atoms in total. The summed E-state index contributed by atoms with van der Waals surface area (Å²) in [5.41, 5.74) is -1.42. The Morgan fingerprint density at radius 2 is 1.61 bits per heavy atom. The predicted octanol–water partition coefficient (Wildman–Crippen LogP) is 3.14. The van der Waals surface area contributed by atoms with Crippen LogP contribution in [-0.4, -0.2) is 94.4 Å². The molecule has 2 aliphatic heterocycles. The Hall–Kier alpha value is -2.90. The van der Waals surface area contributed by atoms with Crippen LogP contribution >= 0.6 is 0 Å². The molecule has 2 saturated heterocycles. The second kappa shape index (κ2) is 11.1. The summed E-state index contributed by atoms with van der Waals surface area (Å²) in [4.78, 5) is 18.3. The number of anilines is 1. The SMILES string of the molecule is CCN1CCN(S(=O)(=O)c2ccc(OC)c(N3CCN(C(=O)c4cc(F)ccc4C(F)(F)F)CC3)c2)CC1. The summed E-state index contributed by atoms with van der Waals surface area (Å²) >= 11 is 0. The number of amides is 1. The lowest BCUT2D eigenvalue weighted by atomic mass is 10.0. The van der Waals surface area contributed by atoms with Gasteiger partial charge in [-0.1, -0.05) is 6.92 Å². The molecule has 0 aromatic heterocycles. The van der Waals surface area contributed by atoms with Crippen LogP contribution in [0.4, 0.5) is 23.2 Å². The summed E-state index contributed by atoms with van der Waals surface area (Å²) in [5.74, 6) is -1.41. The lowest BCUT2D eigenvalue weighted by molar-refractivity contribution is -0.138. The van der Waals surface area contributed by atoms with Gasteiger partial charge in [0, 0.05) is 52.4 Å². The molecule has 0 radical (unpaired) electrons. The molecule has 2 fully saturated rings. The fraction of sp³-hybridized carbons (Fsp3) is 0.480. The van der Waals surface area contributed by atoms with Gasteiger partial charge in [-0.2, -0.15) is 17.5 Å². The van der Waals surface area contributed by atoms with Crippen molar-refractivity contribution in [2.24, 2.45) is 0 Å². The lowest BCUT2D eigenvalue weighted by Gasteiger charge is -2.37. The van der Waals surface area contributed by atoms with E-state index in [0.29, 0.717) is 55.8 Å². The van der Waals surface area contributed by atoms with E-state index in [1.807, 2.05) is 11.8 Å². The first-order valence-corrected chi connectivity index (χ1v) is 13.7. The molecule has 0 bridgehead atoms. The maximum absolute atomic E-state index is 13.7. The van der Waals surface area contributed by atoms with E-state index in [2.05, 4.69) is 4.90 Å². The number of benzene rings is 2. The molecule has 0 atom stereocenters. The van der Waals surface area contributed by atoms with E-state index in [-0.39, 0.29) is 31.1 Å². The number of hydrogen-bond donors (Lipinski definition) is 0. The Morgan fingerprint density at radius 1 is 0.947 bits per heavy atom. The molecule has 2 aliphatic rings. The lowest BCUT2D eigenvalue weighted by Crippen LogP contribution is -2.49. The zero-order valence-corrected chi connectivity index (χ0v) is 22.0. The van der Waals surface area contributed by atoms with Gasteiger partial charge in [0.2, 0.25) is 10.0 Å². The van der Waals surface area contributed by atoms with Gasteiger partial charge in [0.25, 0.3) is 5.91 Å². The van der Waals surface area contributed by atoms with Gasteiger partial charge in [0.1, 0.15) is 11.6 Å². The third kappa shape index (κ3) is 5.74. The van der Waals surface area contributed by atoms with E-state index in [9.17, 15) is 30.8 Å². The van der Waals surface area contributed by atoms with Gasteiger partial charge in [-0.05, 0) is 42.9 Å². The number of halogens is 4. The summed E-state index contributed by atoms with van der Waals surface area (Å²) in [7, 11) is -2.29. The van der Waals surface area contributed by atoms with Crippen LogP contribution in [0.15, 0.2) is 41.3 Å². The fourth-order valence-corrected chi connectivity index (χ4v) is 6.22. The molecule has 2 aromatic rings. The molecule has 0 N–H and O–H groups in total. The van der Waals surface area contributed by atoms with E-state index in [1.54, 1.807) is 6.07 Å². The monoisotopic (exact) mass is 558 g/mol. The largest absolute Gasteiger partial charge is 0.495 e. The number of likely N-dealkylation sites (N-methyl/N-ethyl adjacent to an activating group) is 1. The van der Waals surface area contributed by atoms with Gasteiger partial charge in [-0.15, -0.1) is 0 Å². The third-order valence-electron chi connectivity index (χ3n) is 6.99. The molecule has 2 heterocycles. The number of ether oxygens (including phenoxy) is 1. The molecule has 208 valence electrons. The Bertz CT molecular complexity index is 1270. The Balaban J connectivity index is 1.52. The van der Waals surface area contributed by atoms with E-state index in [0.717, 1.165) is 6.54 Å². The molecule has 0 aliphatic carbocycles. The maximum Gasteiger partial charge on any atom is 0.417 e. The van der Waals surface area contributed by atoms with Crippen LogP contribution in [0.1, 0.15) is 22.8 Å². The molecular weight excluding hydrogens is 528 g/mol. The van der Waals surface area contributed by atoms with Gasteiger partial charge < -0.3 is 19.4 Å². The highest BCUT2D eigenvalue weighted by Crippen LogP contribution is 2.35. The summed E-state index contributed by atoms with van der Waals surface area (Å²) in [6.07, 6.45) is -4.80. The number of hydrogen-bond acceptors (Lipinski definition) is 6. The highest BCUT2D eigenvalue weighted by Gasteiger charge is 2.37. The topological polar surface area (TPSA) is 73.4 Å². The number of nitrogens with zero attached hydrogens (tertiary/aromatic N) is 4. The Morgan fingerprint density at radius 3 is 2.18 bits per heavy atom. The van der Waals surface area contributed by atoms with Crippen molar-refractivity contribution in [2.45, 2.75) is 18.0 Å². The summed E-state index contributed by atoms with van der Waals surface area (Å²) in [6.45, 7) is 5.52. The number of rotatable bonds is 6. The number of methoxy groups -OCH3 is 1. The van der Waals surface area contributed by atoms with Crippen molar-refractivity contribution in [1.82, 2.24) is 14.1 Å². The quantitative estimate of drug-likeness (QED) is 0.508. The van der Waals surface area contributed by atoms with Crippen molar-refractivity contribution in [3.05, 3.63) is 53.3 Å². The van der Waals surface area contributed by atoms with E-state index in [1.165, 1.54) is 28.4 Å². The first-order valence-electron chi connectivity index (χ1n) is 12.3. The first-order chi connectivity index (χ1) is 18.0. The minimum absolute atomic E-state index is 0.0613. The molecular formula is C25H30F4N4O4S. The van der Waals surface area contributed by atoms with Crippen molar-refractivity contribution >= 4 is 21.6 Å². The highest BCUT2D eigenvalue weighted by atomic mass is 32.2. The molecule has 13 heteroatoms. The van der Waals surface area contributed by atoms with Crippen LogP contribution in [0.25, 0.3) is 0 Å². The average Bonchev–Trinajstić information content (AvgIpc) is 2.91. The Kier molecular flexibility index (Phi) is 8.19. The maximum atomic E-state index is 13.7. The minimum atomic E-state index is -4.80. The predicted molar refractivity (Wildman–Crippen MR) is 133 cm³/mol. The van der Waals surface area contributed by atoms with E-state index < -0.39 is 39.1 Å². The van der Waals surface area contributed by atoms with Gasteiger partial charge in [0.05, 0.1) is 28.8 Å². The second-order valence-electron chi connectivity index (χ2n) is 9.14. The summed E-state index contributed by atoms with van der Waals surface area (Å²) < 4.78 is 87.5. The van der Waals surface area contributed by atoms with Gasteiger partial charge in [0.15, 0.2) is 0 Å². The van der Waals surface area contributed by atoms with Gasteiger partial charge in [-0.25, -0.2) is 12.8 Å². The second-order valence-corrected chi connectivity index (χ2v) is 11.1. The van der Waals surface area contributed by atoms with Crippen molar-refractivity contribution in [2.75, 3.05) is 70.9 Å². The smallest absolute Gasteiger partial charge is 0.417 e. The molecule has 0 spiro atoms. The van der Waals surface area contributed by atoms with Crippen LogP contribution in [0.5, 0.6) is 5.75 Å². The zero-order valence-electron chi connectivity index (χ0n) is 21.2. The van der Waals surface area contributed by atoms with Crippen LogP contribution in [-0.2, 0) is 16.2 Å². The van der Waals surface area contributed by atoms with Crippen molar-refractivity contribution in [1.29, 1.82) is 0 Å². The summed E-state index contributed by atoms with van der Waals surface area (Å²) in [6, 6.07) is 6.45. The first kappa shape index (κ1) is 28.1. The molecule has 2 aromatic carbocycles. The molecule has 4 rings (SSSR count). The minimum Gasteiger partial charge on any atom is -0.495 e. The number of sulfonamides is 1. The van der Waals surface area contributed by atoms with Gasteiger partial charge in [-0.3, -0.25) is 4.79 Å². The number of carbonyl (C=O) groups excluding carboxylic acids is 1. The number of carbonyl (C=O) groups is 1. The molecule has 0 saturated carbocycles. The van der Waals surface area contributed by atoms with Crippen molar-refractivity contribution in [3.8, 4) is 5.75 Å². The van der Waals surface area contributed by atoms with E-state index >= 15 is 0 Å². The van der Waals surface area contributed by atoms with E-state index in [4.69, 9.17) is 4.74 Å². The van der Waals surface area contributed by atoms with Crippen LogP contribution in [0, 0.1) is 5.82 Å². The van der Waals surface area contributed by atoms with Crippen LogP contribution in [0.2, 0.25) is 0 Å².